The minimum atomic E-state index is -0.308. The maximum Gasteiger partial charge on any atom is 0.235 e. The number of fused-ring (bicyclic) bond motifs is 10. The Morgan fingerprint density at radius 1 is 0.471 bits per heavy atom. The van der Waals surface area contributed by atoms with E-state index >= 15 is 0 Å². The van der Waals surface area contributed by atoms with Gasteiger partial charge in [-0.25, -0.2) is 9.97 Å². The monoisotopic (exact) mass is 652 g/mol. The van der Waals surface area contributed by atoms with Gasteiger partial charge in [0.05, 0.1) is 33.5 Å². The highest BCUT2D eigenvalue weighted by Crippen LogP contribution is 2.51. The second-order valence-corrected chi connectivity index (χ2v) is 14.3. The van der Waals surface area contributed by atoms with E-state index < -0.39 is 0 Å². The first kappa shape index (κ1) is 28.3. The van der Waals surface area contributed by atoms with Gasteiger partial charge in [-0.3, -0.25) is 4.57 Å². The zero-order chi connectivity index (χ0) is 33.8. The van der Waals surface area contributed by atoms with Crippen molar-refractivity contribution in [1.82, 2.24) is 19.1 Å². The number of hydrogen-bond acceptors (Lipinski definition) is 2. The van der Waals surface area contributed by atoms with Crippen LogP contribution >= 0.6 is 0 Å². The van der Waals surface area contributed by atoms with Crippen LogP contribution in [0.3, 0.4) is 0 Å². The molecule has 11 rings (SSSR count). The molecule has 7 aromatic carbocycles. The molecule has 0 fully saturated rings. The van der Waals surface area contributed by atoms with E-state index in [-0.39, 0.29) is 5.41 Å². The fourth-order valence-electron chi connectivity index (χ4n) is 8.68. The van der Waals surface area contributed by atoms with Gasteiger partial charge in [0, 0.05) is 43.8 Å². The molecule has 0 amide bonds. The lowest BCUT2D eigenvalue weighted by Crippen LogP contribution is -2.18. The van der Waals surface area contributed by atoms with Crippen molar-refractivity contribution >= 4 is 54.4 Å². The number of rotatable bonds is 3. The summed E-state index contributed by atoms with van der Waals surface area (Å²) in [5.74, 6) is 0.693. The smallest absolute Gasteiger partial charge is 0.235 e. The van der Waals surface area contributed by atoms with Gasteiger partial charge in [0.1, 0.15) is 0 Å². The molecule has 51 heavy (non-hydrogen) atoms. The van der Waals surface area contributed by atoms with Crippen LogP contribution in [0.15, 0.2) is 158 Å². The summed E-state index contributed by atoms with van der Waals surface area (Å²) in [6, 6.07) is 56.8. The predicted molar refractivity (Wildman–Crippen MR) is 211 cm³/mol. The van der Waals surface area contributed by atoms with Crippen LogP contribution in [0.5, 0.6) is 0 Å². The summed E-state index contributed by atoms with van der Waals surface area (Å²) in [5, 5.41) is 7.24. The molecule has 0 saturated carbocycles. The first-order valence-electron chi connectivity index (χ1n) is 17.6. The average molecular weight is 653 g/mol. The van der Waals surface area contributed by atoms with Crippen molar-refractivity contribution in [3.05, 3.63) is 169 Å². The van der Waals surface area contributed by atoms with Crippen molar-refractivity contribution in [3.63, 3.8) is 0 Å². The fourth-order valence-corrected chi connectivity index (χ4v) is 8.68. The van der Waals surface area contributed by atoms with Crippen LogP contribution in [0.4, 0.5) is 0 Å². The quantitative estimate of drug-likeness (QED) is 0.190. The van der Waals surface area contributed by atoms with Gasteiger partial charge in [0.25, 0.3) is 0 Å². The molecule has 0 spiro atoms. The van der Waals surface area contributed by atoms with Crippen LogP contribution in [0.2, 0.25) is 0 Å². The molecular weight excluding hydrogens is 621 g/mol. The predicted octanol–water partition coefficient (Wildman–Crippen LogP) is 11.8. The number of nitrogens with zero attached hydrogens (tertiary/aromatic N) is 4. The molecular formula is C47H32N4. The van der Waals surface area contributed by atoms with Crippen molar-refractivity contribution in [2.24, 2.45) is 0 Å². The lowest BCUT2D eigenvalue weighted by Gasteiger charge is -2.21. The largest absolute Gasteiger partial charge is 0.309 e. The lowest BCUT2D eigenvalue weighted by molar-refractivity contribution is 0.632. The Hall–Kier alpha value is -6.52. The molecule has 10 aromatic rings. The van der Waals surface area contributed by atoms with Crippen molar-refractivity contribution in [2.75, 3.05) is 0 Å². The zero-order valence-corrected chi connectivity index (χ0v) is 28.3. The van der Waals surface area contributed by atoms with Crippen LogP contribution in [0.1, 0.15) is 25.1 Å². The second-order valence-electron chi connectivity index (χ2n) is 14.3. The maximum absolute atomic E-state index is 5.60. The van der Waals surface area contributed by atoms with Gasteiger partial charge in [-0.15, -0.1) is 0 Å². The summed E-state index contributed by atoms with van der Waals surface area (Å²) >= 11 is 0. The number of aromatic nitrogens is 4. The zero-order valence-electron chi connectivity index (χ0n) is 28.3. The summed E-state index contributed by atoms with van der Waals surface area (Å²) in [4.78, 5) is 11.1. The van der Waals surface area contributed by atoms with E-state index in [9.17, 15) is 0 Å². The molecule has 0 N–H and O–H groups in total. The normalized spacial score (nSPS) is 13.5. The van der Waals surface area contributed by atoms with Crippen LogP contribution in [0, 0.1) is 0 Å². The van der Waals surface area contributed by atoms with Crippen molar-refractivity contribution < 1.29 is 0 Å². The Labute approximate surface area is 294 Å². The molecule has 3 heterocycles. The van der Waals surface area contributed by atoms with Crippen molar-refractivity contribution in [1.29, 1.82) is 0 Å². The van der Waals surface area contributed by atoms with Gasteiger partial charge < -0.3 is 4.57 Å². The molecule has 4 heteroatoms. The molecule has 0 atom stereocenters. The third-order valence-corrected chi connectivity index (χ3v) is 11.1. The average Bonchev–Trinajstić information content (AvgIpc) is 3.76. The summed E-state index contributed by atoms with van der Waals surface area (Å²) in [7, 11) is 0. The summed E-state index contributed by atoms with van der Waals surface area (Å²) in [6.45, 7) is 4.60. The molecule has 1 aliphatic carbocycles. The molecule has 240 valence electrons. The van der Waals surface area contributed by atoms with E-state index in [1.54, 1.807) is 0 Å². The Balaban J connectivity index is 1.24. The van der Waals surface area contributed by atoms with E-state index in [1.165, 1.54) is 54.5 Å². The lowest BCUT2D eigenvalue weighted by atomic mass is 9.85. The fraction of sp³-hybridized carbons (Fsp3) is 0.0638. The molecule has 3 aromatic heterocycles. The van der Waals surface area contributed by atoms with E-state index in [0.29, 0.717) is 5.95 Å². The Bertz CT molecular complexity index is 3050. The van der Waals surface area contributed by atoms with E-state index in [2.05, 4.69) is 181 Å². The minimum Gasteiger partial charge on any atom is -0.309 e. The number of para-hydroxylation sites is 3. The molecule has 1 aliphatic rings. The summed E-state index contributed by atoms with van der Waals surface area (Å²) < 4.78 is 4.64. The highest BCUT2D eigenvalue weighted by Gasteiger charge is 2.40. The summed E-state index contributed by atoms with van der Waals surface area (Å²) in [5.41, 5.74) is 12.1. The minimum absolute atomic E-state index is 0.308. The highest BCUT2D eigenvalue weighted by molar-refractivity contribution is 6.14. The first-order valence-corrected chi connectivity index (χ1v) is 17.6. The van der Waals surface area contributed by atoms with Crippen LogP contribution in [-0.2, 0) is 5.41 Å². The first-order chi connectivity index (χ1) is 25.1. The van der Waals surface area contributed by atoms with Crippen molar-refractivity contribution in [2.45, 2.75) is 19.3 Å². The number of benzene rings is 7. The molecule has 0 unspecified atom stereocenters. The second kappa shape index (κ2) is 10.3. The molecule has 0 aliphatic heterocycles. The number of hydrogen-bond donors (Lipinski definition) is 0. The molecule has 0 radical (unpaired) electrons. The van der Waals surface area contributed by atoms with Gasteiger partial charge >= 0.3 is 0 Å². The van der Waals surface area contributed by atoms with Gasteiger partial charge in [0.2, 0.25) is 5.95 Å². The van der Waals surface area contributed by atoms with Crippen LogP contribution in [-0.4, -0.2) is 19.1 Å². The van der Waals surface area contributed by atoms with Crippen molar-refractivity contribution in [3.8, 4) is 34.0 Å². The van der Waals surface area contributed by atoms with E-state index in [4.69, 9.17) is 9.97 Å². The summed E-state index contributed by atoms with van der Waals surface area (Å²) in [6.07, 6.45) is 0. The third kappa shape index (κ3) is 3.90. The Morgan fingerprint density at radius 2 is 1.08 bits per heavy atom. The van der Waals surface area contributed by atoms with Gasteiger partial charge in [0.15, 0.2) is 0 Å². The third-order valence-electron chi connectivity index (χ3n) is 11.1. The van der Waals surface area contributed by atoms with Crippen LogP contribution in [0.25, 0.3) is 88.4 Å². The highest BCUT2D eigenvalue weighted by atomic mass is 15.2. The van der Waals surface area contributed by atoms with E-state index in [0.717, 1.165) is 39.2 Å². The van der Waals surface area contributed by atoms with Gasteiger partial charge in [-0.05, 0) is 70.4 Å². The SMILES string of the molecule is CC1(C)c2ccccc2-c2c(-c3ccc4c(c3)c3ccccc3n4-c3ccccc3)nc(-n3c4ccccc4c4cc5ccccc5cc43)nc21. The molecule has 4 nitrogen and oxygen atoms in total. The topological polar surface area (TPSA) is 35.6 Å². The Morgan fingerprint density at radius 3 is 1.86 bits per heavy atom. The van der Waals surface area contributed by atoms with Gasteiger partial charge in [-0.1, -0.05) is 123 Å². The van der Waals surface area contributed by atoms with E-state index in [1.807, 2.05) is 0 Å². The van der Waals surface area contributed by atoms with Gasteiger partial charge in [-0.2, -0.15) is 0 Å². The molecule has 0 saturated heterocycles. The Kier molecular flexibility index (Phi) is 5.70. The molecule has 0 bridgehead atoms. The van der Waals surface area contributed by atoms with Crippen LogP contribution < -0.4 is 0 Å². The standard InChI is InChI=1S/C47H32N4/c1-47(2)38-21-11-8-20-35(38)43-44(31-24-25-41-36(27-31)33-18-9-12-22-39(33)50(41)32-16-4-3-5-17-32)48-46(49-45(43)47)51-40-23-13-10-19-34(40)37-26-29-14-6-7-15-30(29)28-42(37)51/h3-28H,1-2H3. The maximum atomic E-state index is 5.60.